The molecule has 118 valence electrons. The smallest absolute Gasteiger partial charge is 0.387 e. The van der Waals surface area contributed by atoms with Crippen molar-refractivity contribution in [1.29, 1.82) is 0 Å². The van der Waals surface area contributed by atoms with Crippen molar-refractivity contribution >= 4 is 17.4 Å². The highest BCUT2D eigenvalue weighted by molar-refractivity contribution is 6.30. The molecule has 1 aromatic carbocycles. The van der Waals surface area contributed by atoms with Gasteiger partial charge in [0.05, 0.1) is 0 Å². The molecule has 2 rings (SSSR count). The number of aliphatic hydroxyl groups excluding tert-OH is 1. The second-order valence-electron chi connectivity index (χ2n) is 4.51. The van der Waals surface area contributed by atoms with E-state index in [1.165, 1.54) is 12.1 Å². The predicted octanol–water partition coefficient (Wildman–Crippen LogP) is 3.48. The normalized spacial score (nSPS) is 10.8. The molecule has 0 fully saturated rings. The third kappa shape index (κ3) is 4.82. The molecule has 1 aromatic heterocycles. The fraction of sp³-hybridized carbons (Fsp3) is 0.267. The molecular formula is C15H15ClF2N2O2. The summed E-state index contributed by atoms with van der Waals surface area (Å²) in [6.07, 6.45) is 2.13. The zero-order valence-corrected chi connectivity index (χ0v) is 12.4. The quantitative estimate of drug-likeness (QED) is 0.817. The van der Waals surface area contributed by atoms with Crippen molar-refractivity contribution in [3.05, 3.63) is 52.7 Å². The highest BCUT2D eigenvalue weighted by Crippen LogP contribution is 2.25. The number of anilines is 1. The van der Waals surface area contributed by atoms with E-state index in [4.69, 9.17) is 16.7 Å². The lowest BCUT2D eigenvalue weighted by Gasteiger charge is -2.12. The Hall–Kier alpha value is -1.92. The average molecular weight is 329 g/mol. The first kappa shape index (κ1) is 16.5. The van der Waals surface area contributed by atoms with E-state index in [2.05, 4.69) is 15.0 Å². The maximum atomic E-state index is 12.4. The van der Waals surface area contributed by atoms with Crippen LogP contribution < -0.4 is 10.1 Å². The number of rotatable bonds is 7. The lowest BCUT2D eigenvalue weighted by molar-refractivity contribution is -0.0504. The Labute approximate surface area is 131 Å². The number of nitrogens with zero attached hydrogens (tertiary/aromatic N) is 1. The molecular weight excluding hydrogens is 314 g/mol. The maximum absolute atomic E-state index is 12.4. The van der Waals surface area contributed by atoms with Crippen molar-refractivity contribution in [2.75, 3.05) is 11.9 Å². The van der Waals surface area contributed by atoms with Gasteiger partial charge in [-0.25, -0.2) is 4.98 Å². The summed E-state index contributed by atoms with van der Waals surface area (Å²) in [6.45, 7) is -2.62. The van der Waals surface area contributed by atoms with Crippen molar-refractivity contribution in [2.45, 2.75) is 19.6 Å². The Morgan fingerprint density at radius 2 is 2.09 bits per heavy atom. The van der Waals surface area contributed by atoms with E-state index in [1.807, 2.05) is 0 Å². The van der Waals surface area contributed by atoms with Crippen molar-refractivity contribution < 1.29 is 18.6 Å². The first-order valence-electron chi connectivity index (χ1n) is 6.61. The van der Waals surface area contributed by atoms with Gasteiger partial charge in [0.15, 0.2) is 0 Å². The average Bonchev–Trinajstić information content (AvgIpc) is 2.48. The van der Waals surface area contributed by atoms with Gasteiger partial charge in [-0.1, -0.05) is 11.6 Å². The van der Waals surface area contributed by atoms with Crippen LogP contribution in [0.3, 0.4) is 0 Å². The van der Waals surface area contributed by atoms with Crippen molar-refractivity contribution in [3.63, 3.8) is 0 Å². The number of hydrogen-bond donors (Lipinski definition) is 2. The molecule has 0 saturated heterocycles. The van der Waals surface area contributed by atoms with Crippen LogP contribution in [0.4, 0.5) is 14.6 Å². The molecule has 0 aliphatic rings. The van der Waals surface area contributed by atoms with E-state index in [-0.39, 0.29) is 18.9 Å². The summed E-state index contributed by atoms with van der Waals surface area (Å²) in [5.41, 5.74) is 1.43. The van der Waals surface area contributed by atoms with E-state index < -0.39 is 6.61 Å². The van der Waals surface area contributed by atoms with Crippen LogP contribution in [0.5, 0.6) is 5.75 Å². The number of benzene rings is 1. The fourth-order valence-corrected chi connectivity index (χ4v) is 2.13. The summed E-state index contributed by atoms with van der Waals surface area (Å²) >= 11 is 5.89. The molecule has 0 saturated carbocycles. The Morgan fingerprint density at radius 3 is 2.82 bits per heavy atom. The molecule has 0 aliphatic heterocycles. The van der Waals surface area contributed by atoms with E-state index in [0.29, 0.717) is 22.8 Å². The molecule has 0 unspecified atom stereocenters. The van der Waals surface area contributed by atoms with Gasteiger partial charge in [0.25, 0.3) is 0 Å². The molecule has 4 nitrogen and oxygen atoms in total. The number of hydrogen-bond acceptors (Lipinski definition) is 4. The highest BCUT2D eigenvalue weighted by atomic mass is 35.5. The van der Waals surface area contributed by atoms with Crippen LogP contribution >= 0.6 is 11.6 Å². The summed E-state index contributed by atoms with van der Waals surface area (Å²) in [6, 6.07) is 8.04. The van der Waals surface area contributed by atoms with Gasteiger partial charge in [-0.2, -0.15) is 8.78 Å². The minimum Gasteiger partial charge on any atom is -0.434 e. The molecule has 2 aromatic rings. The lowest BCUT2D eigenvalue weighted by Crippen LogP contribution is -2.08. The van der Waals surface area contributed by atoms with Gasteiger partial charge in [0, 0.05) is 29.9 Å². The van der Waals surface area contributed by atoms with Crippen molar-refractivity contribution in [1.82, 2.24) is 4.98 Å². The minimum atomic E-state index is -2.90. The molecule has 0 aliphatic carbocycles. The van der Waals surface area contributed by atoms with Crippen LogP contribution in [0, 0.1) is 0 Å². The Kier molecular flexibility index (Phi) is 5.91. The second kappa shape index (κ2) is 7.91. The van der Waals surface area contributed by atoms with Crippen molar-refractivity contribution in [3.8, 4) is 5.75 Å². The van der Waals surface area contributed by atoms with Crippen LogP contribution in [-0.4, -0.2) is 23.3 Å². The molecule has 0 radical (unpaired) electrons. The van der Waals surface area contributed by atoms with Gasteiger partial charge < -0.3 is 15.2 Å². The highest BCUT2D eigenvalue weighted by Gasteiger charge is 2.10. The van der Waals surface area contributed by atoms with Gasteiger partial charge in [-0.05, 0) is 42.3 Å². The predicted molar refractivity (Wildman–Crippen MR) is 80.4 cm³/mol. The summed E-state index contributed by atoms with van der Waals surface area (Å²) in [7, 11) is 0. The first-order chi connectivity index (χ1) is 10.6. The van der Waals surface area contributed by atoms with Gasteiger partial charge in [0.2, 0.25) is 0 Å². The molecule has 7 heteroatoms. The van der Waals surface area contributed by atoms with Gasteiger partial charge in [-0.3, -0.25) is 0 Å². The number of pyridine rings is 1. The SMILES string of the molecule is OCCc1ccnc(NCc2cc(Cl)ccc2OC(F)F)c1. The Balaban J connectivity index is 2.10. The molecule has 1 heterocycles. The molecule has 0 amide bonds. The third-order valence-electron chi connectivity index (χ3n) is 2.92. The fourth-order valence-electron chi connectivity index (χ4n) is 1.94. The number of alkyl halides is 2. The van der Waals surface area contributed by atoms with Crippen LogP contribution in [-0.2, 0) is 13.0 Å². The first-order valence-corrected chi connectivity index (χ1v) is 6.99. The van der Waals surface area contributed by atoms with E-state index in [1.54, 1.807) is 24.4 Å². The largest absolute Gasteiger partial charge is 0.434 e. The molecule has 0 bridgehead atoms. The molecule has 2 N–H and O–H groups in total. The summed E-state index contributed by atoms with van der Waals surface area (Å²) in [4.78, 5) is 4.14. The van der Waals surface area contributed by atoms with E-state index >= 15 is 0 Å². The molecule has 0 atom stereocenters. The van der Waals surface area contributed by atoms with E-state index in [9.17, 15) is 8.78 Å². The van der Waals surface area contributed by atoms with Gasteiger partial charge in [-0.15, -0.1) is 0 Å². The standard InChI is InChI=1S/C15H15ClF2N2O2/c16-12-1-2-13(22-15(17)18)11(8-12)9-20-14-7-10(4-6-21)3-5-19-14/h1-3,5,7-8,15,21H,4,6,9H2,(H,19,20). The number of nitrogens with one attached hydrogen (secondary N) is 1. The summed E-state index contributed by atoms with van der Waals surface area (Å²) in [5.74, 6) is 0.646. The molecule has 22 heavy (non-hydrogen) atoms. The topological polar surface area (TPSA) is 54.4 Å². The van der Waals surface area contributed by atoms with E-state index in [0.717, 1.165) is 5.56 Å². The van der Waals surface area contributed by atoms with Crippen LogP contribution in [0.25, 0.3) is 0 Å². The Bertz CT molecular complexity index is 626. The number of halogens is 3. The third-order valence-corrected chi connectivity index (χ3v) is 3.16. The number of aliphatic hydroxyl groups is 1. The monoisotopic (exact) mass is 328 g/mol. The Morgan fingerprint density at radius 1 is 1.27 bits per heavy atom. The molecule has 0 spiro atoms. The number of aromatic nitrogens is 1. The second-order valence-corrected chi connectivity index (χ2v) is 4.94. The maximum Gasteiger partial charge on any atom is 0.387 e. The summed E-state index contributed by atoms with van der Waals surface area (Å²) in [5, 5.41) is 12.4. The zero-order valence-electron chi connectivity index (χ0n) is 11.6. The number of ether oxygens (including phenoxy) is 1. The van der Waals surface area contributed by atoms with Gasteiger partial charge >= 0.3 is 6.61 Å². The summed E-state index contributed by atoms with van der Waals surface area (Å²) < 4.78 is 29.2. The van der Waals surface area contributed by atoms with Crippen LogP contribution in [0.1, 0.15) is 11.1 Å². The van der Waals surface area contributed by atoms with Gasteiger partial charge in [0.1, 0.15) is 11.6 Å². The zero-order chi connectivity index (χ0) is 15.9. The van der Waals surface area contributed by atoms with Crippen molar-refractivity contribution in [2.24, 2.45) is 0 Å². The minimum absolute atomic E-state index is 0.0458. The van der Waals surface area contributed by atoms with Crippen LogP contribution in [0.2, 0.25) is 5.02 Å². The lowest BCUT2D eigenvalue weighted by atomic mass is 10.2. The van der Waals surface area contributed by atoms with Crippen LogP contribution in [0.15, 0.2) is 36.5 Å².